The van der Waals surface area contributed by atoms with Crippen molar-refractivity contribution < 1.29 is 14.6 Å². The van der Waals surface area contributed by atoms with Gasteiger partial charge in [0.25, 0.3) is 5.56 Å². The van der Waals surface area contributed by atoms with Crippen molar-refractivity contribution in [3.05, 3.63) is 43.0 Å². The van der Waals surface area contributed by atoms with Crippen LogP contribution in [0.3, 0.4) is 0 Å². The molecule has 0 aliphatic carbocycles. The number of ketones is 1. The summed E-state index contributed by atoms with van der Waals surface area (Å²) >= 11 is 3.43. The van der Waals surface area contributed by atoms with Gasteiger partial charge in [0.05, 0.1) is 6.04 Å². The molecule has 1 aliphatic rings. The zero-order valence-corrected chi connectivity index (χ0v) is 20.0. The van der Waals surface area contributed by atoms with Gasteiger partial charge in [0, 0.05) is 34.8 Å². The second-order valence-electron chi connectivity index (χ2n) is 8.22. The zero-order valence-electron chi connectivity index (χ0n) is 18.4. The van der Waals surface area contributed by atoms with Crippen LogP contribution in [0.4, 0.5) is 0 Å². The van der Waals surface area contributed by atoms with Crippen molar-refractivity contribution in [2.45, 2.75) is 95.6 Å². The van der Waals surface area contributed by atoms with E-state index in [1.54, 1.807) is 6.92 Å². The van der Waals surface area contributed by atoms with Gasteiger partial charge in [-0.3, -0.25) is 19.1 Å². The van der Waals surface area contributed by atoms with Gasteiger partial charge in [0.1, 0.15) is 18.4 Å². The van der Waals surface area contributed by atoms with Crippen molar-refractivity contribution in [2.24, 2.45) is 5.11 Å². The maximum Gasteiger partial charge on any atom is 0.330 e. The molecule has 0 saturated carbocycles. The van der Waals surface area contributed by atoms with Crippen molar-refractivity contribution >= 4 is 21.7 Å². The third kappa shape index (κ3) is 7.58. The lowest BCUT2D eigenvalue weighted by Crippen LogP contribution is -2.39. The highest BCUT2D eigenvalue weighted by atomic mass is 79.9. The number of aryl methyl sites for hydroxylation is 1. The summed E-state index contributed by atoms with van der Waals surface area (Å²) < 4.78 is 6.95. The minimum Gasteiger partial charge on any atom is -0.383 e. The Morgan fingerprint density at radius 1 is 1.28 bits per heavy atom. The van der Waals surface area contributed by atoms with Gasteiger partial charge in [-0.2, -0.15) is 0 Å². The van der Waals surface area contributed by atoms with Crippen LogP contribution >= 0.6 is 15.9 Å². The lowest BCUT2D eigenvalue weighted by molar-refractivity contribution is -0.137. The SMILES string of the molecule is Cc1cn([C@H]2C[C@H](N=[N+]=[N-])[C@@H](C(O)C(=O)CCCCCCCCCCBr)O2)c(=O)[nH]c1=O. The molecule has 11 heteroatoms. The predicted molar refractivity (Wildman–Crippen MR) is 124 cm³/mol. The number of aromatic amines is 1. The number of hydrogen-bond acceptors (Lipinski definition) is 6. The number of unbranched alkanes of at least 4 members (excludes halogenated alkanes) is 7. The van der Waals surface area contributed by atoms with Gasteiger partial charge in [0.2, 0.25) is 0 Å². The molecule has 0 amide bonds. The smallest absolute Gasteiger partial charge is 0.330 e. The van der Waals surface area contributed by atoms with E-state index in [-0.39, 0.29) is 18.6 Å². The Balaban J connectivity index is 1.88. The Kier molecular flexibility index (Phi) is 11.2. The summed E-state index contributed by atoms with van der Waals surface area (Å²) in [6, 6.07) is -0.803. The average Bonchev–Trinajstić information content (AvgIpc) is 3.18. The maximum absolute atomic E-state index is 12.5. The monoisotopic (exact) mass is 513 g/mol. The van der Waals surface area contributed by atoms with Crippen LogP contribution in [0.15, 0.2) is 20.9 Å². The molecule has 1 aromatic heterocycles. The van der Waals surface area contributed by atoms with Crippen LogP contribution in [0.2, 0.25) is 0 Å². The number of aliphatic hydroxyl groups is 1. The number of H-pyrrole nitrogens is 1. The predicted octanol–water partition coefficient (Wildman–Crippen LogP) is 3.65. The van der Waals surface area contributed by atoms with E-state index in [1.807, 2.05) is 0 Å². The van der Waals surface area contributed by atoms with Gasteiger partial charge in [-0.15, -0.1) is 0 Å². The highest BCUT2D eigenvalue weighted by Crippen LogP contribution is 2.32. The Hall–Kier alpha value is -1.94. The first kappa shape index (κ1) is 26.3. The molecule has 2 heterocycles. The van der Waals surface area contributed by atoms with Gasteiger partial charge >= 0.3 is 5.69 Å². The lowest BCUT2D eigenvalue weighted by atomic mass is 9.98. The number of Topliss-reactive ketones (excluding diaryl/α,β-unsaturated/α-hetero) is 1. The van der Waals surface area contributed by atoms with Crippen LogP contribution in [0.1, 0.15) is 76.0 Å². The summed E-state index contributed by atoms with van der Waals surface area (Å²) in [5, 5.41) is 15.3. The summed E-state index contributed by atoms with van der Waals surface area (Å²) in [6.45, 7) is 1.55. The molecule has 1 saturated heterocycles. The number of aromatic nitrogens is 2. The number of halogens is 1. The number of aliphatic hydroxyl groups excluding tert-OH is 1. The minimum absolute atomic E-state index is 0.111. The van der Waals surface area contributed by atoms with Gasteiger partial charge < -0.3 is 9.84 Å². The molecule has 0 bridgehead atoms. The highest BCUT2D eigenvalue weighted by Gasteiger charge is 2.42. The van der Waals surface area contributed by atoms with E-state index in [1.165, 1.54) is 36.4 Å². The largest absolute Gasteiger partial charge is 0.383 e. The number of nitrogens with one attached hydrogen (secondary N) is 1. The third-order valence-corrected chi connectivity index (χ3v) is 6.30. The lowest BCUT2D eigenvalue weighted by Gasteiger charge is -2.21. The Bertz CT molecular complexity index is 911. The van der Waals surface area contributed by atoms with Crippen molar-refractivity contribution in [2.75, 3.05) is 5.33 Å². The molecule has 1 aromatic rings. The Morgan fingerprint density at radius 3 is 2.53 bits per heavy atom. The number of nitrogens with zero attached hydrogens (tertiary/aromatic N) is 4. The number of carbonyl (C=O) groups is 1. The molecule has 1 aliphatic heterocycles. The summed E-state index contributed by atoms with van der Waals surface area (Å²) in [5.74, 6) is -0.365. The quantitative estimate of drug-likeness (QED) is 0.128. The molecule has 0 radical (unpaired) electrons. The summed E-state index contributed by atoms with van der Waals surface area (Å²) in [4.78, 5) is 41.2. The standard InChI is InChI=1S/C21H32BrN5O5/c1-14-13-27(21(31)24-20(14)30)17-12-15(25-26-23)19(32-17)18(29)16(28)10-8-6-4-2-3-5-7-9-11-22/h13,15,17-19,29H,2-12H2,1H3,(H,24,30,31)/t15-,17+,18?,19-/m0/s1. The summed E-state index contributed by atoms with van der Waals surface area (Å²) in [5.41, 5.74) is 8.02. The molecule has 1 unspecified atom stereocenters. The molecule has 2 N–H and O–H groups in total. The van der Waals surface area contributed by atoms with E-state index < -0.39 is 35.7 Å². The molecule has 178 valence electrons. The molecule has 1 fully saturated rings. The summed E-state index contributed by atoms with van der Waals surface area (Å²) in [6.07, 6.45) is 6.97. The number of carbonyl (C=O) groups excluding carboxylic acids is 1. The molecular weight excluding hydrogens is 482 g/mol. The number of hydrogen-bond donors (Lipinski definition) is 2. The van der Waals surface area contributed by atoms with Crippen molar-refractivity contribution in [1.82, 2.24) is 9.55 Å². The number of ether oxygens (including phenoxy) is 1. The molecule has 4 atom stereocenters. The number of azide groups is 1. The first-order valence-corrected chi connectivity index (χ1v) is 12.3. The van der Waals surface area contributed by atoms with Gasteiger partial charge in [-0.1, -0.05) is 59.6 Å². The Morgan fingerprint density at radius 2 is 1.91 bits per heavy atom. The van der Waals surface area contributed by atoms with Crippen LogP contribution in [0.25, 0.3) is 10.4 Å². The van der Waals surface area contributed by atoms with Crippen LogP contribution in [-0.4, -0.2) is 44.0 Å². The third-order valence-electron chi connectivity index (χ3n) is 5.74. The van der Waals surface area contributed by atoms with Crippen molar-refractivity contribution in [1.29, 1.82) is 0 Å². The van der Waals surface area contributed by atoms with E-state index in [0.29, 0.717) is 12.0 Å². The first-order chi connectivity index (χ1) is 15.4. The fraction of sp³-hybridized carbons (Fsp3) is 0.762. The van der Waals surface area contributed by atoms with Crippen LogP contribution in [0, 0.1) is 6.92 Å². The molecule has 0 spiro atoms. The average molecular weight is 514 g/mol. The number of alkyl halides is 1. The van der Waals surface area contributed by atoms with E-state index in [2.05, 4.69) is 30.9 Å². The second kappa shape index (κ2) is 13.6. The van der Waals surface area contributed by atoms with Crippen molar-refractivity contribution in [3.8, 4) is 0 Å². The van der Waals surface area contributed by atoms with Crippen LogP contribution < -0.4 is 11.2 Å². The fourth-order valence-electron chi connectivity index (χ4n) is 3.90. The molecule has 2 rings (SSSR count). The second-order valence-corrected chi connectivity index (χ2v) is 9.01. The molecule has 32 heavy (non-hydrogen) atoms. The Labute approximate surface area is 195 Å². The zero-order chi connectivity index (χ0) is 23.5. The highest BCUT2D eigenvalue weighted by molar-refractivity contribution is 9.09. The first-order valence-electron chi connectivity index (χ1n) is 11.2. The van der Waals surface area contributed by atoms with Gasteiger partial charge in [-0.05, 0) is 25.3 Å². The molecule has 0 aromatic carbocycles. The summed E-state index contributed by atoms with van der Waals surface area (Å²) in [7, 11) is 0. The maximum atomic E-state index is 12.5. The van der Waals surface area contributed by atoms with Gasteiger partial charge in [-0.25, -0.2) is 4.79 Å². The molecular formula is C21H32BrN5O5. The van der Waals surface area contributed by atoms with E-state index in [0.717, 1.165) is 24.6 Å². The van der Waals surface area contributed by atoms with Gasteiger partial charge in [0.15, 0.2) is 5.78 Å². The van der Waals surface area contributed by atoms with Crippen LogP contribution in [0.5, 0.6) is 0 Å². The van der Waals surface area contributed by atoms with Crippen molar-refractivity contribution in [3.63, 3.8) is 0 Å². The van der Waals surface area contributed by atoms with E-state index in [4.69, 9.17) is 10.3 Å². The van der Waals surface area contributed by atoms with E-state index >= 15 is 0 Å². The fourth-order valence-corrected chi connectivity index (χ4v) is 4.29. The van der Waals surface area contributed by atoms with E-state index in [9.17, 15) is 19.5 Å². The van der Waals surface area contributed by atoms with Crippen LogP contribution in [-0.2, 0) is 9.53 Å². The molecule has 10 nitrogen and oxygen atoms in total. The minimum atomic E-state index is -1.45. The normalized spacial score (nSPS) is 21.3. The topological polar surface area (TPSA) is 150 Å². The number of rotatable bonds is 14.